The lowest BCUT2D eigenvalue weighted by Crippen LogP contribution is -2.31. The lowest BCUT2D eigenvalue weighted by atomic mass is 9.99. The van der Waals surface area contributed by atoms with Crippen molar-refractivity contribution in [1.82, 2.24) is 30.4 Å². The van der Waals surface area contributed by atoms with Gasteiger partial charge >= 0.3 is 7.40 Å². The van der Waals surface area contributed by atoms with Gasteiger partial charge in [0.1, 0.15) is 11.3 Å². The number of ether oxygens (including phenoxy) is 1. The number of rotatable bonds is 28. The summed E-state index contributed by atoms with van der Waals surface area (Å²) in [5, 5.41) is 15.2. The lowest BCUT2D eigenvalue weighted by molar-refractivity contribution is -0.123. The molecule has 1 amide bonds. The molecule has 0 radical (unpaired) electrons. The first-order chi connectivity index (χ1) is 36.8. The third-order valence-corrected chi connectivity index (χ3v) is 16.7. The van der Waals surface area contributed by atoms with Crippen LogP contribution in [0.1, 0.15) is 128 Å². The Labute approximate surface area is 452 Å². The van der Waals surface area contributed by atoms with Crippen molar-refractivity contribution < 1.29 is 18.2 Å². The van der Waals surface area contributed by atoms with Crippen molar-refractivity contribution in [3.63, 3.8) is 0 Å². The quantitative estimate of drug-likeness (QED) is 0.0286. The molecule has 15 heteroatoms. The van der Waals surface area contributed by atoms with Crippen LogP contribution in [0.15, 0.2) is 120 Å². The number of amides is 1. The fourth-order valence-electron chi connectivity index (χ4n) is 9.99. The average Bonchev–Trinajstić information content (AvgIpc) is 4.16. The Morgan fingerprint density at radius 2 is 1.60 bits per heavy atom. The number of aromatic nitrogens is 3. The van der Waals surface area contributed by atoms with Crippen LogP contribution in [-0.2, 0) is 4.79 Å². The topological polar surface area (TPSA) is 107 Å². The molecule has 0 spiro atoms. The van der Waals surface area contributed by atoms with Crippen LogP contribution in [0.2, 0.25) is 5.02 Å². The van der Waals surface area contributed by atoms with Gasteiger partial charge in [0.2, 0.25) is 0 Å². The van der Waals surface area contributed by atoms with E-state index in [9.17, 15) is 13.4 Å². The fraction of sp³-hybridized carbons (Fsp3) is 0.350. The Kier molecular flexibility index (Phi) is 17.9. The number of nitrogens with zero attached hydrogens (tertiary/aromatic N) is 3. The SMILES string of the molecule is O=C(COc1ccc(/C=C/c2ccc(/C=C3/C=CC(c4cccs4)N3B(F)F)[nH]2)cc1)NCCCCNCCCCCCCC/C=C/c1ccc(Nc2nc3ccccc3c3sc(C(C4CC4)C4CC4)nc23)cc1Cl. The summed E-state index contributed by atoms with van der Waals surface area (Å²) in [5.41, 5.74) is 6.90. The van der Waals surface area contributed by atoms with Gasteiger partial charge in [0.15, 0.2) is 12.4 Å². The zero-order valence-electron chi connectivity index (χ0n) is 42.3. The van der Waals surface area contributed by atoms with E-state index in [0.29, 0.717) is 23.9 Å². The van der Waals surface area contributed by atoms with Gasteiger partial charge in [-0.15, -0.1) is 22.7 Å². The molecule has 3 aliphatic rings. The van der Waals surface area contributed by atoms with E-state index in [1.165, 1.54) is 90.6 Å². The fourth-order valence-corrected chi connectivity index (χ4v) is 12.4. The molecule has 10 rings (SSSR count). The number of nitrogens with one attached hydrogen (secondary N) is 4. The Hall–Kier alpha value is -6.06. The summed E-state index contributed by atoms with van der Waals surface area (Å²) >= 11 is 10.2. The number of fused-ring (bicyclic) bond motifs is 3. The van der Waals surface area contributed by atoms with E-state index in [1.807, 2.05) is 89.5 Å². The Balaban J connectivity index is 0.545. The van der Waals surface area contributed by atoms with E-state index >= 15 is 0 Å². The highest BCUT2D eigenvalue weighted by Crippen LogP contribution is 2.56. The van der Waals surface area contributed by atoms with Gasteiger partial charge in [0.05, 0.1) is 21.3 Å². The van der Waals surface area contributed by atoms with Gasteiger partial charge in [-0.25, -0.2) is 9.97 Å². The first kappa shape index (κ1) is 52.4. The van der Waals surface area contributed by atoms with Crippen molar-refractivity contribution in [1.29, 1.82) is 0 Å². The summed E-state index contributed by atoms with van der Waals surface area (Å²) in [4.78, 5) is 28.0. The first-order valence-corrected chi connectivity index (χ1v) is 28.9. The molecule has 0 bridgehead atoms. The molecule has 1 unspecified atom stereocenters. The Morgan fingerprint density at radius 1 is 0.840 bits per heavy atom. The number of pyridine rings is 1. The van der Waals surface area contributed by atoms with Crippen LogP contribution in [0.3, 0.4) is 0 Å². The average molecular weight is 1060 g/mol. The maximum Gasteiger partial charge on any atom is 0.674 e. The highest BCUT2D eigenvalue weighted by molar-refractivity contribution is 7.19. The minimum absolute atomic E-state index is 0.0378. The van der Waals surface area contributed by atoms with Crippen LogP contribution in [0.4, 0.5) is 20.1 Å². The molecule has 2 fully saturated rings. The third kappa shape index (κ3) is 14.3. The van der Waals surface area contributed by atoms with E-state index in [-0.39, 0.29) is 12.5 Å². The summed E-state index contributed by atoms with van der Waals surface area (Å²) in [7, 11) is -2.62. The predicted molar refractivity (Wildman–Crippen MR) is 310 cm³/mol. The molecule has 2 aliphatic carbocycles. The van der Waals surface area contributed by atoms with Crippen LogP contribution >= 0.6 is 34.3 Å². The molecule has 388 valence electrons. The minimum Gasteiger partial charge on any atom is -0.484 e. The highest BCUT2D eigenvalue weighted by Gasteiger charge is 2.44. The number of hydrogen-bond acceptors (Lipinski definition) is 9. The summed E-state index contributed by atoms with van der Waals surface area (Å²) in [6.07, 6.45) is 29.2. The molecule has 1 aliphatic heterocycles. The van der Waals surface area contributed by atoms with Crippen LogP contribution in [-0.4, -0.2) is 59.3 Å². The zero-order chi connectivity index (χ0) is 51.3. The van der Waals surface area contributed by atoms with Crippen LogP contribution < -0.4 is 20.7 Å². The number of H-pyrrole nitrogens is 1. The van der Waals surface area contributed by atoms with Crippen molar-refractivity contribution in [2.75, 3.05) is 31.6 Å². The third-order valence-electron chi connectivity index (χ3n) is 14.3. The number of carbonyl (C=O) groups is 1. The maximum atomic E-state index is 14.0. The Morgan fingerprint density at radius 3 is 2.37 bits per heavy atom. The molecule has 0 saturated heterocycles. The zero-order valence-corrected chi connectivity index (χ0v) is 44.7. The molecule has 1 atom stereocenters. The second-order valence-electron chi connectivity index (χ2n) is 20.0. The Bertz CT molecular complexity index is 3120. The number of anilines is 2. The molecular weight excluding hydrogens is 999 g/mol. The van der Waals surface area contributed by atoms with Crippen molar-refractivity contribution in [2.24, 2.45) is 11.8 Å². The number of halogens is 3. The number of thiazole rings is 1. The van der Waals surface area contributed by atoms with Gasteiger partial charge < -0.3 is 30.5 Å². The van der Waals surface area contributed by atoms with E-state index in [4.69, 9.17) is 26.3 Å². The molecule has 7 aromatic rings. The number of benzene rings is 3. The van der Waals surface area contributed by atoms with Gasteiger partial charge in [-0.1, -0.05) is 104 Å². The summed E-state index contributed by atoms with van der Waals surface area (Å²) in [5.74, 6) is 3.49. The molecule has 9 nitrogen and oxygen atoms in total. The number of hydrogen-bond donors (Lipinski definition) is 4. The molecule has 2 saturated carbocycles. The van der Waals surface area contributed by atoms with E-state index in [0.717, 1.165) is 104 Å². The summed E-state index contributed by atoms with van der Waals surface area (Å²) in [6, 6.07) is 29.2. The monoisotopic (exact) mass is 1060 g/mol. The molecule has 3 aromatic carbocycles. The van der Waals surface area contributed by atoms with Crippen molar-refractivity contribution >= 4 is 105 Å². The second-order valence-corrected chi connectivity index (χ2v) is 22.4. The molecule has 5 heterocycles. The largest absolute Gasteiger partial charge is 0.674 e. The number of thiophene rings is 1. The number of para-hydroxylation sites is 1. The lowest BCUT2D eigenvalue weighted by Gasteiger charge is -2.24. The van der Waals surface area contributed by atoms with Gasteiger partial charge in [-0.05, 0) is 166 Å². The van der Waals surface area contributed by atoms with E-state index < -0.39 is 13.4 Å². The molecule has 4 aromatic heterocycles. The first-order valence-electron chi connectivity index (χ1n) is 26.8. The van der Waals surface area contributed by atoms with Gasteiger partial charge in [-0.3, -0.25) is 13.4 Å². The second kappa shape index (κ2) is 25.7. The maximum absolute atomic E-state index is 14.0. The van der Waals surface area contributed by atoms with E-state index in [1.54, 1.807) is 12.2 Å². The number of unbranched alkanes of at least 4 members (excludes halogenated alkanes) is 7. The van der Waals surface area contributed by atoms with Gasteiger partial charge in [-0.2, -0.15) is 0 Å². The summed E-state index contributed by atoms with van der Waals surface area (Å²) < 4.78 is 35.0. The molecular formula is C60H65BClF2N7O2S2. The minimum atomic E-state index is -2.62. The number of aromatic amines is 1. The van der Waals surface area contributed by atoms with Crippen molar-refractivity contribution in [3.8, 4) is 5.75 Å². The normalized spacial score (nSPS) is 16.2. The number of carbonyl (C=O) groups excluding carboxylic acids is 1. The van der Waals surface area contributed by atoms with Gasteiger partial charge in [0.25, 0.3) is 5.91 Å². The van der Waals surface area contributed by atoms with Crippen molar-refractivity contribution in [3.05, 3.63) is 158 Å². The van der Waals surface area contributed by atoms with Crippen LogP contribution in [0.25, 0.3) is 45.4 Å². The van der Waals surface area contributed by atoms with Crippen molar-refractivity contribution in [2.45, 2.75) is 95.4 Å². The highest BCUT2D eigenvalue weighted by atomic mass is 35.5. The standard InChI is InChI=1S/C60H65BClF2N7O2S2/c62-51-39-47(68-59-57-58(50-15-8-9-16-52(50)69-59)75-60(70-57)56(43-21-22-43)44-23-24-44)27-25-42(51)14-7-5-3-1-2-4-6-10-34-65-35-11-12-36-66-55(72)40-73-49-31-19-41(20-32-49)18-26-45-28-29-46(67-45)38-48-30-33-53(71(48)61(63)64)54-17-13-37-74-54/h7-9,13-20,25-33,37-39,43-44,53,56,65,67H,1-6,10-12,21-24,34-36,40H2,(H,66,72)(H,68,69)/b14-7+,26-18+,48-38-. The summed E-state index contributed by atoms with van der Waals surface area (Å²) in [6.45, 7) is 2.55. The van der Waals surface area contributed by atoms with Crippen LogP contribution in [0.5, 0.6) is 5.75 Å². The molecule has 4 N–H and O–H groups in total. The molecule has 75 heavy (non-hydrogen) atoms. The smallest absolute Gasteiger partial charge is 0.484 e. The van der Waals surface area contributed by atoms with E-state index in [2.05, 4.69) is 69.5 Å². The predicted octanol–water partition coefficient (Wildman–Crippen LogP) is 15.9. The van der Waals surface area contributed by atoms with Gasteiger partial charge in [0, 0.05) is 50.5 Å². The van der Waals surface area contributed by atoms with Crippen LogP contribution in [0, 0.1) is 11.8 Å². The number of allylic oxidation sites excluding steroid dienone is 2.